The van der Waals surface area contributed by atoms with Crippen LogP contribution in [-0.4, -0.2) is 12.1 Å². The van der Waals surface area contributed by atoms with Crippen LogP contribution in [0.1, 0.15) is 22.3 Å². The Morgan fingerprint density at radius 2 is 1.76 bits per heavy atom. The van der Waals surface area contributed by atoms with Crippen molar-refractivity contribution in [2.24, 2.45) is 0 Å². The number of benzene rings is 3. The largest absolute Gasteiger partial charge is 0.493 e. The summed E-state index contributed by atoms with van der Waals surface area (Å²) < 4.78 is 11.4. The molecule has 0 aromatic heterocycles. The summed E-state index contributed by atoms with van der Waals surface area (Å²) in [5.74, 6) is 1.22. The smallest absolute Gasteiger partial charge is 0.161 e. The number of hydrogen-bond acceptors (Lipinski definition) is 3. The lowest BCUT2D eigenvalue weighted by Crippen LogP contribution is -2.22. The molecule has 0 saturated carbocycles. The van der Waals surface area contributed by atoms with Gasteiger partial charge >= 0.3 is 0 Å². The first-order chi connectivity index (χ1) is 14.0. The molecular weight excluding hydrogens is 425 g/mol. The lowest BCUT2D eigenvalue weighted by Gasteiger charge is -2.14. The van der Waals surface area contributed by atoms with Crippen LogP contribution in [0.15, 0.2) is 60.7 Å². The SMILES string of the molecule is COc1cc(C(=S)NCc2ccccc2C)ccc1OCc1ccc(Cl)cc1Cl. The van der Waals surface area contributed by atoms with E-state index >= 15 is 0 Å². The molecule has 3 aromatic rings. The molecule has 0 aliphatic rings. The lowest BCUT2D eigenvalue weighted by atomic mass is 10.1. The molecule has 0 bridgehead atoms. The molecule has 6 heteroatoms. The van der Waals surface area contributed by atoms with Gasteiger partial charge in [0.05, 0.1) is 7.11 Å². The molecule has 0 amide bonds. The highest BCUT2D eigenvalue weighted by Crippen LogP contribution is 2.30. The average Bonchev–Trinajstić information content (AvgIpc) is 2.72. The fourth-order valence-corrected chi connectivity index (χ4v) is 3.47. The Kier molecular flexibility index (Phi) is 7.37. The second kappa shape index (κ2) is 9.97. The highest BCUT2D eigenvalue weighted by atomic mass is 35.5. The zero-order chi connectivity index (χ0) is 20.8. The molecule has 0 heterocycles. The average molecular weight is 446 g/mol. The normalized spacial score (nSPS) is 10.5. The van der Waals surface area contributed by atoms with E-state index in [1.54, 1.807) is 19.2 Å². The van der Waals surface area contributed by atoms with Gasteiger partial charge in [-0.3, -0.25) is 0 Å². The van der Waals surface area contributed by atoms with Crippen LogP contribution in [-0.2, 0) is 13.2 Å². The van der Waals surface area contributed by atoms with Gasteiger partial charge in [0.15, 0.2) is 11.5 Å². The van der Waals surface area contributed by atoms with Gasteiger partial charge in [-0.2, -0.15) is 0 Å². The lowest BCUT2D eigenvalue weighted by molar-refractivity contribution is 0.284. The number of aryl methyl sites for hydroxylation is 1. The van der Waals surface area contributed by atoms with E-state index in [-0.39, 0.29) is 0 Å². The maximum Gasteiger partial charge on any atom is 0.161 e. The van der Waals surface area contributed by atoms with Crippen molar-refractivity contribution in [3.05, 3.63) is 93.0 Å². The van der Waals surface area contributed by atoms with E-state index in [2.05, 4.69) is 24.4 Å². The molecule has 0 atom stereocenters. The minimum atomic E-state index is 0.307. The fourth-order valence-electron chi connectivity index (χ4n) is 2.81. The number of nitrogens with one attached hydrogen (secondary N) is 1. The van der Waals surface area contributed by atoms with Gasteiger partial charge < -0.3 is 14.8 Å². The van der Waals surface area contributed by atoms with Crippen LogP contribution in [0, 0.1) is 6.92 Å². The monoisotopic (exact) mass is 445 g/mol. The first-order valence-corrected chi connectivity index (χ1v) is 10.2. The third-order valence-electron chi connectivity index (χ3n) is 4.52. The van der Waals surface area contributed by atoms with Gasteiger partial charge in [-0.15, -0.1) is 0 Å². The highest BCUT2D eigenvalue weighted by molar-refractivity contribution is 7.80. The quantitative estimate of drug-likeness (QED) is 0.428. The van der Waals surface area contributed by atoms with Crippen LogP contribution in [0.4, 0.5) is 0 Å². The first kappa shape index (κ1) is 21.4. The fraction of sp³-hybridized carbons (Fsp3) is 0.174. The van der Waals surface area contributed by atoms with Crippen molar-refractivity contribution in [1.82, 2.24) is 5.32 Å². The number of hydrogen-bond donors (Lipinski definition) is 1. The Morgan fingerprint density at radius 3 is 2.48 bits per heavy atom. The van der Waals surface area contributed by atoms with E-state index in [0.29, 0.717) is 39.7 Å². The molecule has 1 N–H and O–H groups in total. The van der Waals surface area contributed by atoms with Crippen LogP contribution in [0.3, 0.4) is 0 Å². The zero-order valence-corrected chi connectivity index (χ0v) is 18.5. The van der Waals surface area contributed by atoms with Crippen molar-refractivity contribution < 1.29 is 9.47 Å². The van der Waals surface area contributed by atoms with Crippen LogP contribution in [0.25, 0.3) is 0 Å². The van der Waals surface area contributed by atoms with Crippen molar-refractivity contribution in [2.45, 2.75) is 20.1 Å². The van der Waals surface area contributed by atoms with E-state index in [0.717, 1.165) is 11.1 Å². The van der Waals surface area contributed by atoms with E-state index in [1.165, 1.54) is 11.1 Å². The number of ether oxygens (including phenoxy) is 2. The van der Waals surface area contributed by atoms with Crippen molar-refractivity contribution in [1.29, 1.82) is 0 Å². The third-order valence-corrected chi connectivity index (χ3v) is 5.49. The summed E-state index contributed by atoms with van der Waals surface area (Å²) in [5.41, 5.74) is 4.14. The minimum Gasteiger partial charge on any atom is -0.493 e. The van der Waals surface area contributed by atoms with Gasteiger partial charge in [0, 0.05) is 27.7 Å². The van der Waals surface area contributed by atoms with E-state index in [9.17, 15) is 0 Å². The van der Waals surface area contributed by atoms with Crippen LogP contribution >= 0.6 is 35.4 Å². The van der Waals surface area contributed by atoms with Gasteiger partial charge in [0.2, 0.25) is 0 Å². The molecule has 29 heavy (non-hydrogen) atoms. The number of halogens is 2. The Hall–Kier alpha value is -2.27. The van der Waals surface area contributed by atoms with E-state index in [4.69, 9.17) is 44.9 Å². The summed E-state index contributed by atoms with van der Waals surface area (Å²) >= 11 is 17.7. The summed E-state index contributed by atoms with van der Waals surface area (Å²) in [7, 11) is 1.60. The Morgan fingerprint density at radius 1 is 0.966 bits per heavy atom. The molecule has 3 rings (SSSR count). The molecule has 0 aliphatic heterocycles. The molecule has 0 fully saturated rings. The predicted octanol–water partition coefficient (Wildman–Crippen LogP) is 6.35. The van der Waals surface area contributed by atoms with Gasteiger partial charge in [-0.1, -0.05) is 65.8 Å². The molecule has 0 unspecified atom stereocenters. The molecule has 3 aromatic carbocycles. The standard InChI is InChI=1S/C23H21Cl2NO2S/c1-15-5-3-4-6-17(15)13-26-23(29)16-8-10-21(22(11-16)27-2)28-14-18-7-9-19(24)12-20(18)25/h3-12H,13-14H2,1-2H3,(H,26,29). The summed E-state index contributed by atoms with van der Waals surface area (Å²) in [6.07, 6.45) is 0. The topological polar surface area (TPSA) is 30.5 Å². The van der Waals surface area contributed by atoms with Gasteiger partial charge in [-0.05, 0) is 48.4 Å². The van der Waals surface area contributed by atoms with Gasteiger partial charge in [0.1, 0.15) is 11.6 Å². The summed E-state index contributed by atoms with van der Waals surface area (Å²) in [6, 6.07) is 19.2. The highest BCUT2D eigenvalue weighted by Gasteiger charge is 2.11. The van der Waals surface area contributed by atoms with Crippen molar-refractivity contribution in [3.63, 3.8) is 0 Å². The summed E-state index contributed by atoms with van der Waals surface area (Å²) in [4.78, 5) is 0.652. The van der Waals surface area contributed by atoms with Crippen molar-refractivity contribution in [2.75, 3.05) is 7.11 Å². The first-order valence-electron chi connectivity index (χ1n) is 9.05. The van der Waals surface area contributed by atoms with Crippen molar-refractivity contribution >= 4 is 40.4 Å². The molecule has 0 spiro atoms. The molecule has 0 aliphatic carbocycles. The molecule has 0 radical (unpaired) electrons. The van der Waals surface area contributed by atoms with Gasteiger partial charge in [0.25, 0.3) is 0 Å². The second-order valence-corrected chi connectivity index (χ2v) is 7.75. The van der Waals surface area contributed by atoms with Crippen LogP contribution in [0.5, 0.6) is 11.5 Å². The third kappa shape index (κ3) is 5.63. The van der Waals surface area contributed by atoms with E-state index in [1.807, 2.05) is 36.4 Å². The Bertz CT molecular complexity index is 1020. The number of methoxy groups -OCH3 is 1. The molecule has 0 saturated heterocycles. The predicted molar refractivity (Wildman–Crippen MR) is 124 cm³/mol. The Labute approximate surface area is 186 Å². The maximum atomic E-state index is 6.21. The van der Waals surface area contributed by atoms with Crippen LogP contribution < -0.4 is 14.8 Å². The zero-order valence-electron chi connectivity index (χ0n) is 16.2. The number of thiocarbonyl (C=S) groups is 1. The maximum absolute atomic E-state index is 6.21. The molecule has 150 valence electrons. The number of rotatable bonds is 7. The molecule has 3 nitrogen and oxygen atoms in total. The summed E-state index contributed by atoms with van der Waals surface area (Å²) in [6.45, 7) is 3.06. The van der Waals surface area contributed by atoms with E-state index < -0.39 is 0 Å². The minimum absolute atomic E-state index is 0.307. The second-order valence-electron chi connectivity index (χ2n) is 6.50. The molecular formula is C23H21Cl2NO2S. The van der Waals surface area contributed by atoms with Crippen LogP contribution in [0.2, 0.25) is 10.0 Å². The van der Waals surface area contributed by atoms with Crippen molar-refractivity contribution in [3.8, 4) is 11.5 Å². The summed E-state index contributed by atoms with van der Waals surface area (Å²) in [5, 5.41) is 4.46. The van der Waals surface area contributed by atoms with Gasteiger partial charge in [-0.25, -0.2) is 0 Å². The Balaban J connectivity index is 1.67.